The number of carbonyl (C=O) groups is 1. The van der Waals surface area contributed by atoms with Gasteiger partial charge in [-0.15, -0.1) is 0 Å². The number of hydrogen-bond donors (Lipinski definition) is 2. The monoisotopic (exact) mass is 247 g/mol. The molecule has 1 rings (SSSR count). The van der Waals surface area contributed by atoms with Gasteiger partial charge < -0.3 is 15.8 Å². The van der Waals surface area contributed by atoms with Crippen LogP contribution in [-0.4, -0.2) is 18.6 Å². The van der Waals surface area contributed by atoms with Crippen molar-refractivity contribution in [2.45, 2.75) is 26.3 Å². The molecule has 0 aliphatic carbocycles. The minimum atomic E-state index is -0.0581. The molecule has 0 aliphatic rings. The predicted molar refractivity (Wildman–Crippen MR) is 69.0 cm³/mol. The van der Waals surface area contributed by atoms with E-state index in [1.165, 1.54) is 0 Å². The third kappa shape index (κ3) is 4.34. The van der Waals surface area contributed by atoms with Gasteiger partial charge in [-0.1, -0.05) is 0 Å². The van der Waals surface area contributed by atoms with Crippen LogP contribution in [0.25, 0.3) is 0 Å². The molecule has 0 heterocycles. The Kier molecular flexibility index (Phi) is 5.00. The summed E-state index contributed by atoms with van der Waals surface area (Å²) in [7, 11) is 0. The van der Waals surface area contributed by atoms with Gasteiger partial charge in [0.05, 0.1) is 30.3 Å². The van der Waals surface area contributed by atoms with Crippen LogP contribution in [0.3, 0.4) is 0 Å². The number of rotatable bonds is 5. The molecule has 0 saturated carbocycles. The second-order valence-corrected chi connectivity index (χ2v) is 4.19. The summed E-state index contributed by atoms with van der Waals surface area (Å²) in [6.07, 6.45) is 0.275. The highest BCUT2D eigenvalue weighted by atomic mass is 16.5. The third-order valence-electron chi connectivity index (χ3n) is 2.18. The Balaban J connectivity index is 2.45. The van der Waals surface area contributed by atoms with E-state index in [0.29, 0.717) is 17.0 Å². The zero-order valence-corrected chi connectivity index (χ0v) is 10.6. The van der Waals surface area contributed by atoms with Gasteiger partial charge in [0.1, 0.15) is 5.75 Å². The van der Waals surface area contributed by atoms with Gasteiger partial charge >= 0.3 is 0 Å². The van der Waals surface area contributed by atoms with Crippen molar-refractivity contribution in [3.05, 3.63) is 23.8 Å². The predicted octanol–water partition coefficient (Wildman–Crippen LogP) is 1.43. The first-order chi connectivity index (χ1) is 8.52. The summed E-state index contributed by atoms with van der Waals surface area (Å²) in [6, 6.07) is 6.92. The van der Waals surface area contributed by atoms with E-state index in [2.05, 4.69) is 5.32 Å². The van der Waals surface area contributed by atoms with Crippen molar-refractivity contribution in [1.82, 2.24) is 5.32 Å². The molecule has 1 aromatic carbocycles. The SMILES string of the molecule is CC(C)NC(=O)CCOc1ccc(C#N)cc1N. The highest BCUT2D eigenvalue weighted by Gasteiger charge is 2.05. The summed E-state index contributed by atoms with van der Waals surface area (Å²) in [5, 5.41) is 11.5. The van der Waals surface area contributed by atoms with Crippen LogP contribution >= 0.6 is 0 Å². The molecule has 0 saturated heterocycles. The summed E-state index contributed by atoms with van der Waals surface area (Å²) in [5.41, 5.74) is 6.60. The van der Waals surface area contributed by atoms with Crippen molar-refractivity contribution in [2.75, 3.05) is 12.3 Å². The second-order valence-electron chi connectivity index (χ2n) is 4.19. The van der Waals surface area contributed by atoms with Gasteiger partial charge in [-0.25, -0.2) is 0 Å². The third-order valence-corrected chi connectivity index (χ3v) is 2.18. The van der Waals surface area contributed by atoms with Crippen LogP contribution in [0, 0.1) is 11.3 Å². The van der Waals surface area contributed by atoms with Crippen LogP contribution in [0.4, 0.5) is 5.69 Å². The Morgan fingerprint density at radius 3 is 2.83 bits per heavy atom. The number of hydrogen-bond acceptors (Lipinski definition) is 4. The molecule has 0 radical (unpaired) electrons. The number of ether oxygens (including phenoxy) is 1. The van der Waals surface area contributed by atoms with Gasteiger partial charge in [-0.2, -0.15) is 5.26 Å². The normalized spacial score (nSPS) is 9.89. The van der Waals surface area contributed by atoms with Crippen LogP contribution in [0.2, 0.25) is 0 Å². The summed E-state index contributed by atoms with van der Waals surface area (Å²) in [6.45, 7) is 4.06. The van der Waals surface area contributed by atoms with Crippen molar-refractivity contribution in [3.8, 4) is 11.8 Å². The van der Waals surface area contributed by atoms with Crippen LogP contribution in [0.1, 0.15) is 25.8 Å². The summed E-state index contributed by atoms with van der Waals surface area (Å²) in [4.78, 5) is 11.4. The molecule has 0 unspecified atom stereocenters. The zero-order chi connectivity index (χ0) is 13.5. The fourth-order valence-electron chi connectivity index (χ4n) is 1.40. The Labute approximate surface area is 107 Å². The van der Waals surface area contributed by atoms with Gasteiger partial charge in [-0.05, 0) is 32.0 Å². The molecule has 0 atom stereocenters. The Hall–Kier alpha value is -2.22. The molecule has 1 amide bonds. The fourth-order valence-corrected chi connectivity index (χ4v) is 1.40. The lowest BCUT2D eigenvalue weighted by molar-refractivity contribution is -0.122. The number of carbonyl (C=O) groups excluding carboxylic acids is 1. The Morgan fingerprint density at radius 2 is 2.28 bits per heavy atom. The molecule has 96 valence electrons. The summed E-state index contributed by atoms with van der Waals surface area (Å²) < 4.78 is 5.39. The molecular formula is C13H17N3O2. The van der Waals surface area contributed by atoms with Crippen molar-refractivity contribution in [2.24, 2.45) is 0 Å². The number of nitrogens with two attached hydrogens (primary N) is 1. The number of nitrogens with zero attached hydrogens (tertiary/aromatic N) is 1. The first-order valence-electron chi connectivity index (χ1n) is 5.74. The van der Waals surface area contributed by atoms with E-state index in [-0.39, 0.29) is 25.0 Å². The van der Waals surface area contributed by atoms with Gasteiger partial charge in [0.2, 0.25) is 5.91 Å². The maximum absolute atomic E-state index is 11.4. The Morgan fingerprint density at radius 1 is 1.56 bits per heavy atom. The largest absolute Gasteiger partial charge is 0.491 e. The lowest BCUT2D eigenvalue weighted by Gasteiger charge is -2.10. The van der Waals surface area contributed by atoms with E-state index in [0.717, 1.165) is 0 Å². The summed E-state index contributed by atoms with van der Waals surface area (Å²) >= 11 is 0. The van der Waals surface area contributed by atoms with Crippen molar-refractivity contribution >= 4 is 11.6 Å². The van der Waals surface area contributed by atoms with E-state index in [9.17, 15) is 4.79 Å². The van der Waals surface area contributed by atoms with Crippen LogP contribution in [-0.2, 0) is 4.79 Å². The fraction of sp³-hybridized carbons (Fsp3) is 0.385. The molecule has 1 aromatic rings. The lowest BCUT2D eigenvalue weighted by Crippen LogP contribution is -2.31. The molecule has 0 aliphatic heterocycles. The molecule has 0 aromatic heterocycles. The summed E-state index contributed by atoms with van der Waals surface area (Å²) in [5.74, 6) is 0.434. The number of nitriles is 1. The zero-order valence-electron chi connectivity index (χ0n) is 10.6. The molecule has 5 heteroatoms. The number of anilines is 1. The second kappa shape index (κ2) is 6.50. The standard InChI is InChI=1S/C13H17N3O2/c1-9(2)16-13(17)5-6-18-12-4-3-10(8-14)7-11(12)15/h3-4,7,9H,5-6,15H2,1-2H3,(H,16,17). The van der Waals surface area contributed by atoms with E-state index in [1.54, 1.807) is 18.2 Å². The van der Waals surface area contributed by atoms with Crippen molar-refractivity contribution < 1.29 is 9.53 Å². The highest BCUT2D eigenvalue weighted by molar-refractivity contribution is 5.76. The molecule has 0 bridgehead atoms. The van der Waals surface area contributed by atoms with Crippen LogP contribution < -0.4 is 15.8 Å². The molecule has 5 nitrogen and oxygen atoms in total. The van der Waals surface area contributed by atoms with Gasteiger partial charge in [-0.3, -0.25) is 4.79 Å². The van der Waals surface area contributed by atoms with Gasteiger partial charge in [0, 0.05) is 6.04 Å². The number of nitrogens with one attached hydrogen (secondary N) is 1. The van der Waals surface area contributed by atoms with Crippen LogP contribution in [0.5, 0.6) is 5.75 Å². The van der Waals surface area contributed by atoms with E-state index >= 15 is 0 Å². The topological polar surface area (TPSA) is 88.1 Å². The molecule has 18 heavy (non-hydrogen) atoms. The van der Waals surface area contributed by atoms with E-state index < -0.39 is 0 Å². The highest BCUT2D eigenvalue weighted by Crippen LogP contribution is 2.22. The minimum Gasteiger partial charge on any atom is -0.491 e. The average Bonchev–Trinajstić information content (AvgIpc) is 2.30. The molecular weight excluding hydrogens is 230 g/mol. The lowest BCUT2D eigenvalue weighted by atomic mass is 10.2. The smallest absolute Gasteiger partial charge is 0.223 e. The number of amides is 1. The maximum atomic E-state index is 11.4. The van der Waals surface area contributed by atoms with Gasteiger partial charge in [0.15, 0.2) is 0 Å². The Bertz CT molecular complexity index is 464. The minimum absolute atomic E-state index is 0.0581. The van der Waals surface area contributed by atoms with Gasteiger partial charge in [0.25, 0.3) is 0 Å². The molecule has 0 fully saturated rings. The van der Waals surface area contributed by atoms with E-state index in [4.69, 9.17) is 15.7 Å². The molecule has 0 spiro atoms. The first kappa shape index (κ1) is 13.8. The average molecular weight is 247 g/mol. The van der Waals surface area contributed by atoms with Crippen LogP contribution in [0.15, 0.2) is 18.2 Å². The first-order valence-corrected chi connectivity index (χ1v) is 5.74. The quantitative estimate of drug-likeness (QED) is 0.770. The number of nitrogen functional groups attached to an aromatic ring is 1. The van der Waals surface area contributed by atoms with Crippen molar-refractivity contribution in [1.29, 1.82) is 5.26 Å². The number of benzene rings is 1. The van der Waals surface area contributed by atoms with Crippen molar-refractivity contribution in [3.63, 3.8) is 0 Å². The van der Waals surface area contributed by atoms with E-state index in [1.807, 2.05) is 19.9 Å². The maximum Gasteiger partial charge on any atom is 0.223 e. The molecule has 3 N–H and O–H groups in total.